The van der Waals surface area contributed by atoms with Gasteiger partial charge in [-0.25, -0.2) is 0 Å². The number of amides is 1. The number of hydrogen-bond acceptors (Lipinski definition) is 5. The summed E-state index contributed by atoms with van der Waals surface area (Å²) < 4.78 is 10.7. The summed E-state index contributed by atoms with van der Waals surface area (Å²) in [5, 5.41) is 7.08. The van der Waals surface area contributed by atoms with E-state index in [1.54, 1.807) is 24.3 Å². The molecule has 3 atom stereocenters. The second-order valence-electron chi connectivity index (χ2n) is 7.51. The molecule has 0 saturated heterocycles. The number of ether oxygens (including phenoxy) is 1. The number of carbonyl (C=O) groups is 1. The maximum Gasteiger partial charge on any atom is 0.251 e. The molecule has 1 aliphatic carbocycles. The molecular weight excluding hydrogens is 366 g/mol. The van der Waals surface area contributed by atoms with Gasteiger partial charge in [-0.3, -0.25) is 4.79 Å². The van der Waals surface area contributed by atoms with Crippen LogP contribution in [0.4, 0.5) is 0 Å². The number of hydrogen-bond donors (Lipinski definition) is 1. The standard InChI is InChI=1S/C23H25N3O3/c1-3-21-24-20(26-29-21)14-28-18-11-9-17(10-12-18)23(27)25-22(19-13-15(19)2)16-7-5-4-6-8-16/h4-12,15,19,22H,3,13-14H2,1-2H3,(H,25,27). The smallest absolute Gasteiger partial charge is 0.251 e. The third kappa shape index (κ3) is 4.65. The Balaban J connectivity index is 1.38. The van der Waals surface area contributed by atoms with Crippen molar-refractivity contribution in [1.82, 2.24) is 15.5 Å². The molecule has 0 radical (unpaired) electrons. The topological polar surface area (TPSA) is 77.2 Å². The van der Waals surface area contributed by atoms with Gasteiger partial charge in [0.1, 0.15) is 5.75 Å². The van der Waals surface area contributed by atoms with Crippen molar-refractivity contribution >= 4 is 5.91 Å². The summed E-state index contributed by atoms with van der Waals surface area (Å²) in [4.78, 5) is 17.0. The van der Waals surface area contributed by atoms with Gasteiger partial charge in [0, 0.05) is 12.0 Å². The first kappa shape index (κ1) is 19.2. The molecule has 1 saturated carbocycles. The van der Waals surface area contributed by atoms with Crippen molar-refractivity contribution < 1.29 is 14.1 Å². The van der Waals surface area contributed by atoms with E-state index >= 15 is 0 Å². The normalized spacial score (nSPS) is 18.8. The predicted molar refractivity (Wildman–Crippen MR) is 108 cm³/mol. The third-order valence-electron chi connectivity index (χ3n) is 5.34. The molecular formula is C23H25N3O3. The Morgan fingerprint density at radius 2 is 1.93 bits per heavy atom. The molecule has 1 amide bonds. The highest BCUT2D eigenvalue weighted by Crippen LogP contribution is 2.47. The van der Waals surface area contributed by atoms with Crippen LogP contribution in [0.2, 0.25) is 0 Å². The van der Waals surface area contributed by atoms with Crippen molar-refractivity contribution in [2.24, 2.45) is 11.8 Å². The van der Waals surface area contributed by atoms with Crippen LogP contribution in [0.3, 0.4) is 0 Å². The summed E-state index contributed by atoms with van der Waals surface area (Å²) >= 11 is 0. The summed E-state index contributed by atoms with van der Waals surface area (Å²) in [5.41, 5.74) is 1.76. The maximum absolute atomic E-state index is 12.8. The van der Waals surface area contributed by atoms with Gasteiger partial charge in [-0.15, -0.1) is 0 Å². The average molecular weight is 391 g/mol. The number of carbonyl (C=O) groups excluding carboxylic acids is 1. The minimum absolute atomic E-state index is 0.0422. The summed E-state index contributed by atoms with van der Waals surface area (Å²) in [7, 11) is 0. The minimum atomic E-state index is -0.0738. The van der Waals surface area contributed by atoms with Gasteiger partial charge in [-0.05, 0) is 48.1 Å². The van der Waals surface area contributed by atoms with E-state index in [1.807, 2.05) is 25.1 Å². The molecule has 29 heavy (non-hydrogen) atoms. The average Bonchev–Trinajstić information content (AvgIpc) is 3.30. The van der Waals surface area contributed by atoms with E-state index in [0.29, 0.717) is 41.3 Å². The van der Waals surface area contributed by atoms with Crippen molar-refractivity contribution in [1.29, 1.82) is 0 Å². The molecule has 150 valence electrons. The number of nitrogens with zero attached hydrogens (tertiary/aromatic N) is 2. The Morgan fingerprint density at radius 1 is 1.21 bits per heavy atom. The Kier molecular flexibility index (Phi) is 5.60. The maximum atomic E-state index is 12.8. The van der Waals surface area contributed by atoms with Gasteiger partial charge < -0.3 is 14.6 Å². The first-order chi connectivity index (χ1) is 14.1. The fraction of sp³-hybridized carbons (Fsp3) is 0.348. The molecule has 0 aliphatic heterocycles. The lowest BCUT2D eigenvalue weighted by atomic mass is 10.0. The number of rotatable bonds is 8. The van der Waals surface area contributed by atoms with Crippen LogP contribution >= 0.6 is 0 Å². The van der Waals surface area contributed by atoms with Crippen molar-refractivity contribution in [2.75, 3.05) is 0 Å². The second kappa shape index (κ2) is 8.47. The van der Waals surface area contributed by atoms with Gasteiger partial charge in [-0.1, -0.05) is 49.3 Å². The molecule has 0 spiro atoms. The van der Waals surface area contributed by atoms with Crippen LogP contribution < -0.4 is 10.1 Å². The minimum Gasteiger partial charge on any atom is -0.485 e. The van der Waals surface area contributed by atoms with E-state index in [0.717, 1.165) is 12.0 Å². The zero-order valence-electron chi connectivity index (χ0n) is 16.7. The number of aromatic nitrogens is 2. The zero-order valence-corrected chi connectivity index (χ0v) is 16.7. The Labute approximate surface area is 170 Å². The number of aryl methyl sites for hydroxylation is 1. The first-order valence-corrected chi connectivity index (χ1v) is 10.0. The summed E-state index contributed by atoms with van der Waals surface area (Å²) in [6.07, 6.45) is 1.84. The number of nitrogens with one attached hydrogen (secondary N) is 1. The molecule has 1 aromatic heterocycles. The summed E-state index contributed by atoms with van der Waals surface area (Å²) in [5.74, 6) is 2.80. The van der Waals surface area contributed by atoms with Crippen LogP contribution in [0, 0.1) is 11.8 Å². The SMILES string of the molecule is CCc1nc(COc2ccc(C(=O)NC(c3ccccc3)C3CC3C)cc2)no1. The van der Waals surface area contributed by atoms with Crippen LogP contribution in [-0.4, -0.2) is 16.0 Å². The van der Waals surface area contributed by atoms with Crippen LogP contribution in [0.15, 0.2) is 59.1 Å². The highest BCUT2D eigenvalue weighted by atomic mass is 16.5. The Hall–Kier alpha value is -3.15. The van der Waals surface area contributed by atoms with Crippen molar-refractivity contribution in [3.8, 4) is 5.75 Å². The van der Waals surface area contributed by atoms with E-state index in [2.05, 4.69) is 34.5 Å². The molecule has 6 nitrogen and oxygen atoms in total. The van der Waals surface area contributed by atoms with Gasteiger partial charge in [0.15, 0.2) is 6.61 Å². The highest BCUT2D eigenvalue weighted by Gasteiger charge is 2.40. The van der Waals surface area contributed by atoms with Gasteiger partial charge in [0.05, 0.1) is 6.04 Å². The van der Waals surface area contributed by atoms with Gasteiger partial charge in [-0.2, -0.15) is 4.98 Å². The predicted octanol–water partition coefficient (Wildman–Crippen LogP) is 4.34. The van der Waals surface area contributed by atoms with E-state index in [1.165, 1.54) is 0 Å². The number of benzene rings is 2. The monoisotopic (exact) mass is 391 g/mol. The molecule has 3 aromatic rings. The zero-order chi connectivity index (χ0) is 20.2. The largest absolute Gasteiger partial charge is 0.485 e. The van der Waals surface area contributed by atoms with Crippen LogP contribution in [0.25, 0.3) is 0 Å². The molecule has 2 aromatic carbocycles. The lowest BCUT2D eigenvalue weighted by Gasteiger charge is -2.19. The van der Waals surface area contributed by atoms with E-state index in [-0.39, 0.29) is 18.6 Å². The summed E-state index contributed by atoms with van der Waals surface area (Å²) in [6.45, 7) is 4.41. The van der Waals surface area contributed by atoms with E-state index in [4.69, 9.17) is 9.26 Å². The van der Waals surface area contributed by atoms with E-state index < -0.39 is 0 Å². The fourth-order valence-corrected chi connectivity index (χ4v) is 3.48. The lowest BCUT2D eigenvalue weighted by Crippen LogP contribution is -2.30. The van der Waals surface area contributed by atoms with Gasteiger partial charge >= 0.3 is 0 Å². The van der Waals surface area contributed by atoms with Gasteiger partial charge in [0.2, 0.25) is 11.7 Å². The highest BCUT2D eigenvalue weighted by molar-refractivity contribution is 5.94. The van der Waals surface area contributed by atoms with Crippen molar-refractivity contribution in [3.05, 3.63) is 77.4 Å². The van der Waals surface area contributed by atoms with Crippen molar-refractivity contribution in [2.45, 2.75) is 39.3 Å². The molecule has 3 unspecified atom stereocenters. The molecule has 4 rings (SSSR count). The summed E-state index contributed by atoms with van der Waals surface area (Å²) in [6, 6.07) is 17.3. The lowest BCUT2D eigenvalue weighted by molar-refractivity contribution is 0.0930. The van der Waals surface area contributed by atoms with E-state index in [9.17, 15) is 4.79 Å². The Morgan fingerprint density at radius 3 is 2.55 bits per heavy atom. The Bertz CT molecular complexity index is 953. The van der Waals surface area contributed by atoms with Crippen LogP contribution in [-0.2, 0) is 13.0 Å². The molecule has 1 fully saturated rings. The van der Waals surface area contributed by atoms with Crippen molar-refractivity contribution in [3.63, 3.8) is 0 Å². The second-order valence-corrected chi connectivity index (χ2v) is 7.51. The van der Waals surface area contributed by atoms with Crippen LogP contribution in [0.5, 0.6) is 5.75 Å². The first-order valence-electron chi connectivity index (χ1n) is 10.0. The third-order valence-corrected chi connectivity index (χ3v) is 5.34. The molecule has 1 N–H and O–H groups in total. The van der Waals surface area contributed by atoms with Crippen LogP contribution in [0.1, 0.15) is 53.9 Å². The van der Waals surface area contributed by atoms with Gasteiger partial charge in [0.25, 0.3) is 5.91 Å². The molecule has 6 heteroatoms. The molecule has 1 aliphatic rings. The molecule has 1 heterocycles. The molecule has 0 bridgehead atoms. The quantitative estimate of drug-likeness (QED) is 0.618. The fourth-order valence-electron chi connectivity index (χ4n) is 3.48.